The molecule has 0 spiro atoms. The van der Waals surface area contributed by atoms with Crippen molar-refractivity contribution in [2.75, 3.05) is 6.54 Å². The third kappa shape index (κ3) is 2.97. The van der Waals surface area contributed by atoms with Gasteiger partial charge in [-0.2, -0.15) is 0 Å². The van der Waals surface area contributed by atoms with E-state index in [-0.39, 0.29) is 11.8 Å². The zero-order chi connectivity index (χ0) is 12.1. The van der Waals surface area contributed by atoms with Crippen molar-refractivity contribution in [3.63, 3.8) is 0 Å². The Balaban J connectivity index is 2.82. The van der Waals surface area contributed by atoms with Gasteiger partial charge in [0.05, 0.1) is 0 Å². The number of rotatable bonds is 4. The Bertz CT molecular complexity index is 265. The summed E-state index contributed by atoms with van der Waals surface area (Å²) in [6, 6.07) is -0.643. The molecular weight excluding hydrogens is 206 g/mol. The molecule has 0 aromatic carbocycles. The first-order valence-electron chi connectivity index (χ1n) is 6.10. The minimum absolute atomic E-state index is 0.00481. The summed E-state index contributed by atoms with van der Waals surface area (Å²) in [5.41, 5.74) is 0. The topological polar surface area (TPSA) is 57.6 Å². The van der Waals surface area contributed by atoms with Gasteiger partial charge in [-0.15, -0.1) is 0 Å². The zero-order valence-corrected chi connectivity index (χ0v) is 10.1. The maximum absolute atomic E-state index is 11.8. The number of nitrogens with zero attached hydrogens (tertiary/aromatic N) is 1. The molecule has 0 radical (unpaired) electrons. The van der Waals surface area contributed by atoms with E-state index in [4.69, 9.17) is 0 Å². The van der Waals surface area contributed by atoms with E-state index in [1.165, 1.54) is 0 Å². The van der Waals surface area contributed by atoms with E-state index >= 15 is 0 Å². The van der Waals surface area contributed by atoms with Crippen LogP contribution in [-0.2, 0) is 9.59 Å². The normalized spacial score (nSPS) is 21.4. The number of amides is 1. The molecule has 1 aliphatic rings. The van der Waals surface area contributed by atoms with Gasteiger partial charge in [-0.05, 0) is 18.8 Å². The molecule has 2 unspecified atom stereocenters. The predicted octanol–water partition coefficient (Wildman–Crippen LogP) is 1.89. The van der Waals surface area contributed by atoms with Crippen LogP contribution in [0.3, 0.4) is 0 Å². The predicted molar refractivity (Wildman–Crippen MR) is 61.1 cm³/mol. The zero-order valence-electron chi connectivity index (χ0n) is 10.1. The Labute approximate surface area is 96.6 Å². The Kier molecular flexibility index (Phi) is 4.77. The Morgan fingerprint density at radius 1 is 1.44 bits per heavy atom. The molecule has 4 heteroatoms. The molecule has 1 heterocycles. The van der Waals surface area contributed by atoms with Gasteiger partial charge in [0.25, 0.3) is 0 Å². The van der Waals surface area contributed by atoms with E-state index in [0.717, 1.165) is 25.7 Å². The third-order valence-corrected chi connectivity index (χ3v) is 3.38. The van der Waals surface area contributed by atoms with Gasteiger partial charge in [-0.1, -0.05) is 26.7 Å². The van der Waals surface area contributed by atoms with Crippen molar-refractivity contribution in [1.82, 2.24) is 4.90 Å². The average molecular weight is 227 g/mol. The highest BCUT2D eigenvalue weighted by Gasteiger charge is 2.33. The molecule has 0 aromatic rings. The average Bonchev–Trinajstić information content (AvgIpc) is 2.44. The van der Waals surface area contributed by atoms with E-state index < -0.39 is 12.0 Å². The molecule has 0 saturated carbocycles. The Morgan fingerprint density at radius 3 is 2.69 bits per heavy atom. The van der Waals surface area contributed by atoms with Crippen LogP contribution >= 0.6 is 0 Å². The van der Waals surface area contributed by atoms with Crippen LogP contribution in [-0.4, -0.2) is 34.5 Å². The molecule has 2 atom stereocenters. The lowest BCUT2D eigenvalue weighted by Gasteiger charge is -2.31. The Hall–Kier alpha value is -1.06. The molecule has 1 saturated heterocycles. The second kappa shape index (κ2) is 5.87. The van der Waals surface area contributed by atoms with Gasteiger partial charge in [-0.3, -0.25) is 4.79 Å². The first-order chi connectivity index (χ1) is 7.57. The maximum Gasteiger partial charge on any atom is 0.326 e. The van der Waals surface area contributed by atoms with Crippen molar-refractivity contribution in [3.05, 3.63) is 0 Å². The number of likely N-dealkylation sites (tertiary alicyclic amines) is 1. The maximum atomic E-state index is 11.8. The summed E-state index contributed by atoms with van der Waals surface area (Å²) < 4.78 is 0. The largest absolute Gasteiger partial charge is 0.480 e. The highest BCUT2D eigenvalue weighted by Crippen LogP contribution is 2.20. The summed E-state index contributed by atoms with van der Waals surface area (Å²) in [5, 5.41) is 9.24. The molecule has 92 valence electrons. The van der Waals surface area contributed by atoms with Gasteiger partial charge in [0.15, 0.2) is 0 Å². The van der Waals surface area contributed by atoms with Crippen LogP contribution < -0.4 is 0 Å². The third-order valence-electron chi connectivity index (χ3n) is 3.38. The lowest BCUT2D eigenvalue weighted by molar-refractivity contribution is -0.152. The van der Waals surface area contributed by atoms with Crippen LogP contribution in [0, 0.1) is 5.92 Å². The smallest absolute Gasteiger partial charge is 0.326 e. The molecule has 1 N–H and O–H groups in total. The van der Waals surface area contributed by atoms with Gasteiger partial charge in [-0.25, -0.2) is 4.79 Å². The molecule has 16 heavy (non-hydrogen) atoms. The van der Waals surface area contributed by atoms with Crippen molar-refractivity contribution in [3.8, 4) is 0 Å². The Morgan fingerprint density at radius 2 is 2.12 bits per heavy atom. The standard InChI is InChI=1S/C12H21NO3/c1-3-9(2)11(12(15)16)13-8-6-4-5-7-10(13)14/h9,11H,3-8H2,1-2H3,(H,15,16). The number of carbonyl (C=O) groups excluding carboxylic acids is 1. The van der Waals surface area contributed by atoms with Gasteiger partial charge < -0.3 is 10.0 Å². The lowest BCUT2D eigenvalue weighted by Crippen LogP contribution is -2.48. The van der Waals surface area contributed by atoms with E-state index in [2.05, 4.69) is 0 Å². The second-order valence-electron chi connectivity index (χ2n) is 4.57. The van der Waals surface area contributed by atoms with E-state index in [9.17, 15) is 14.7 Å². The first kappa shape index (κ1) is 13.0. The quantitative estimate of drug-likeness (QED) is 0.797. The number of aliphatic carboxylic acids is 1. The summed E-state index contributed by atoms with van der Waals surface area (Å²) >= 11 is 0. The summed E-state index contributed by atoms with van der Waals surface area (Å²) in [6.07, 6.45) is 4.12. The summed E-state index contributed by atoms with van der Waals surface area (Å²) in [7, 11) is 0. The van der Waals surface area contributed by atoms with Crippen LogP contribution in [0.2, 0.25) is 0 Å². The van der Waals surface area contributed by atoms with Crippen molar-refractivity contribution in [1.29, 1.82) is 0 Å². The van der Waals surface area contributed by atoms with Gasteiger partial charge in [0, 0.05) is 13.0 Å². The molecule has 1 rings (SSSR count). The summed E-state index contributed by atoms with van der Waals surface area (Å²) in [4.78, 5) is 24.7. The van der Waals surface area contributed by atoms with Crippen LogP contribution in [0.1, 0.15) is 46.0 Å². The van der Waals surface area contributed by atoms with Crippen LogP contribution in [0.25, 0.3) is 0 Å². The highest BCUT2D eigenvalue weighted by molar-refractivity contribution is 5.84. The number of hydrogen-bond acceptors (Lipinski definition) is 2. The number of carboxylic acids is 1. The SMILES string of the molecule is CCC(C)C(C(=O)O)N1CCCCCC1=O. The molecule has 0 bridgehead atoms. The minimum Gasteiger partial charge on any atom is -0.480 e. The van der Waals surface area contributed by atoms with Crippen molar-refractivity contribution in [2.45, 2.75) is 52.0 Å². The molecule has 1 aliphatic heterocycles. The number of carbonyl (C=O) groups is 2. The molecule has 0 aliphatic carbocycles. The van der Waals surface area contributed by atoms with Gasteiger partial charge in [0.1, 0.15) is 6.04 Å². The monoisotopic (exact) mass is 227 g/mol. The molecule has 4 nitrogen and oxygen atoms in total. The fourth-order valence-corrected chi connectivity index (χ4v) is 2.20. The molecular formula is C12H21NO3. The highest BCUT2D eigenvalue weighted by atomic mass is 16.4. The van der Waals surface area contributed by atoms with Gasteiger partial charge in [0.2, 0.25) is 5.91 Å². The van der Waals surface area contributed by atoms with Crippen molar-refractivity contribution < 1.29 is 14.7 Å². The lowest BCUT2D eigenvalue weighted by atomic mass is 9.97. The van der Waals surface area contributed by atoms with Crippen LogP contribution in [0.4, 0.5) is 0 Å². The fraction of sp³-hybridized carbons (Fsp3) is 0.833. The molecule has 1 amide bonds. The number of hydrogen-bond donors (Lipinski definition) is 1. The second-order valence-corrected chi connectivity index (χ2v) is 4.57. The number of carboxylic acid groups (broad SMARTS) is 1. The van der Waals surface area contributed by atoms with E-state index in [1.54, 1.807) is 4.90 Å². The van der Waals surface area contributed by atoms with Crippen molar-refractivity contribution in [2.24, 2.45) is 5.92 Å². The van der Waals surface area contributed by atoms with Crippen LogP contribution in [0.5, 0.6) is 0 Å². The van der Waals surface area contributed by atoms with Crippen molar-refractivity contribution >= 4 is 11.9 Å². The minimum atomic E-state index is -0.871. The van der Waals surface area contributed by atoms with Crippen LogP contribution in [0.15, 0.2) is 0 Å². The van der Waals surface area contributed by atoms with E-state index in [0.29, 0.717) is 13.0 Å². The molecule has 1 fully saturated rings. The molecule has 0 aromatic heterocycles. The summed E-state index contributed by atoms with van der Waals surface area (Å²) in [5.74, 6) is -0.852. The fourth-order valence-electron chi connectivity index (χ4n) is 2.20. The first-order valence-corrected chi connectivity index (χ1v) is 6.10. The van der Waals surface area contributed by atoms with Gasteiger partial charge >= 0.3 is 5.97 Å². The summed E-state index contributed by atoms with van der Waals surface area (Å²) in [6.45, 7) is 4.46. The van der Waals surface area contributed by atoms with E-state index in [1.807, 2.05) is 13.8 Å².